The molecule has 152 valence electrons. The van der Waals surface area contributed by atoms with Crippen LogP contribution in [0.25, 0.3) is 5.65 Å². The van der Waals surface area contributed by atoms with E-state index in [9.17, 15) is 22.4 Å². The molecule has 2 aromatic heterocycles. The largest absolute Gasteiger partial charge is 0.345 e. The van der Waals surface area contributed by atoms with Gasteiger partial charge in [-0.05, 0) is 29.8 Å². The van der Waals surface area contributed by atoms with Gasteiger partial charge in [-0.1, -0.05) is 12.1 Å². The summed E-state index contributed by atoms with van der Waals surface area (Å²) in [4.78, 5) is 17.9. The number of nitrogens with one attached hydrogen (secondary N) is 1. The molecule has 1 aliphatic heterocycles. The van der Waals surface area contributed by atoms with Crippen LogP contribution >= 0.6 is 0 Å². The van der Waals surface area contributed by atoms with Gasteiger partial charge in [0.05, 0.1) is 25.3 Å². The molecule has 0 spiro atoms. The fourth-order valence-electron chi connectivity index (χ4n) is 3.50. The predicted octanol–water partition coefficient (Wildman–Crippen LogP) is 3.15. The standard InChI is InChI=1S/C19H17F4N5O/c20-12-3-1-2-11(6-12)14-7-13(21)10-27(14)18-5-4-17-24-8-15(28(17)26-18)19(29)25-9-16(22)23/h1-6,8,13-14,16H,7,9-10H2,(H,25,29). The van der Waals surface area contributed by atoms with E-state index in [2.05, 4.69) is 15.4 Å². The van der Waals surface area contributed by atoms with Gasteiger partial charge in [0, 0.05) is 6.42 Å². The minimum absolute atomic E-state index is 0.0131. The van der Waals surface area contributed by atoms with E-state index in [1.807, 2.05) is 0 Å². The van der Waals surface area contributed by atoms with Crippen molar-refractivity contribution in [1.82, 2.24) is 19.9 Å². The highest BCUT2D eigenvalue weighted by Gasteiger charge is 2.34. The molecular formula is C19H17F4N5O. The number of alkyl halides is 3. The van der Waals surface area contributed by atoms with Gasteiger partial charge in [-0.15, -0.1) is 5.10 Å². The second-order valence-corrected chi connectivity index (χ2v) is 6.76. The van der Waals surface area contributed by atoms with Gasteiger partial charge in [-0.25, -0.2) is 27.1 Å². The number of carbonyl (C=O) groups is 1. The van der Waals surface area contributed by atoms with Gasteiger partial charge in [-0.3, -0.25) is 4.79 Å². The number of hydrogen-bond donors (Lipinski definition) is 1. The van der Waals surface area contributed by atoms with Crippen molar-refractivity contribution in [3.8, 4) is 0 Å². The zero-order chi connectivity index (χ0) is 20.5. The number of hydrogen-bond acceptors (Lipinski definition) is 4. The van der Waals surface area contributed by atoms with Crippen LogP contribution in [-0.4, -0.2) is 46.2 Å². The summed E-state index contributed by atoms with van der Waals surface area (Å²) in [7, 11) is 0. The number of nitrogens with zero attached hydrogens (tertiary/aromatic N) is 4. The molecule has 1 saturated heterocycles. The second kappa shape index (κ2) is 7.69. The van der Waals surface area contributed by atoms with Crippen molar-refractivity contribution < 1.29 is 22.4 Å². The van der Waals surface area contributed by atoms with Crippen LogP contribution in [0, 0.1) is 5.82 Å². The second-order valence-electron chi connectivity index (χ2n) is 6.76. The number of rotatable bonds is 5. The highest BCUT2D eigenvalue weighted by Crippen LogP contribution is 2.36. The number of anilines is 1. The quantitative estimate of drug-likeness (QED) is 0.660. The molecule has 10 heteroatoms. The van der Waals surface area contributed by atoms with Gasteiger partial charge in [-0.2, -0.15) is 0 Å². The van der Waals surface area contributed by atoms with Crippen molar-refractivity contribution in [3.63, 3.8) is 0 Å². The summed E-state index contributed by atoms with van der Waals surface area (Å²) >= 11 is 0. The van der Waals surface area contributed by atoms with Crippen LogP contribution in [0.5, 0.6) is 0 Å². The Labute approximate surface area is 163 Å². The summed E-state index contributed by atoms with van der Waals surface area (Å²) in [6, 6.07) is 8.76. The summed E-state index contributed by atoms with van der Waals surface area (Å²) in [5.74, 6) is -0.789. The monoisotopic (exact) mass is 407 g/mol. The molecule has 1 amide bonds. The summed E-state index contributed by atoms with van der Waals surface area (Å²) < 4.78 is 53.8. The lowest BCUT2D eigenvalue weighted by molar-refractivity contribution is 0.0885. The Hall–Kier alpha value is -3.17. The van der Waals surface area contributed by atoms with E-state index in [0.29, 0.717) is 17.0 Å². The number of amides is 1. The van der Waals surface area contributed by atoms with Gasteiger partial charge in [0.25, 0.3) is 12.3 Å². The fraction of sp³-hybridized carbons (Fsp3) is 0.316. The third-order valence-corrected chi connectivity index (χ3v) is 4.78. The van der Waals surface area contributed by atoms with E-state index in [-0.39, 0.29) is 18.7 Å². The average molecular weight is 407 g/mol. The molecule has 1 N–H and O–H groups in total. The van der Waals surface area contributed by atoms with E-state index in [4.69, 9.17) is 0 Å². The summed E-state index contributed by atoms with van der Waals surface area (Å²) in [5, 5.41) is 6.48. The first-order chi connectivity index (χ1) is 13.9. The molecule has 0 aliphatic carbocycles. The lowest BCUT2D eigenvalue weighted by Crippen LogP contribution is -2.30. The first-order valence-corrected chi connectivity index (χ1v) is 8.99. The molecule has 1 aliphatic rings. The Morgan fingerprint density at radius 1 is 1.28 bits per heavy atom. The molecule has 0 bridgehead atoms. The molecule has 3 aromatic rings. The third kappa shape index (κ3) is 3.87. The summed E-state index contributed by atoms with van der Waals surface area (Å²) in [6.45, 7) is -0.732. The molecule has 2 atom stereocenters. The molecule has 1 fully saturated rings. The molecule has 1 aromatic carbocycles. The van der Waals surface area contributed by atoms with Crippen molar-refractivity contribution in [2.45, 2.75) is 25.1 Å². The third-order valence-electron chi connectivity index (χ3n) is 4.78. The molecule has 0 radical (unpaired) electrons. The van der Waals surface area contributed by atoms with Crippen LogP contribution in [0.15, 0.2) is 42.6 Å². The minimum Gasteiger partial charge on any atom is -0.345 e. The van der Waals surface area contributed by atoms with Crippen molar-refractivity contribution in [2.75, 3.05) is 18.0 Å². The Morgan fingerprint density at radius 2 is 2.10 bits per heavy atom. The number of imidazole rings is 1. The zero-order valence-electron chi connectivity index (χ0n) is 15.1. The Morgan fingerprint density at radius 3 is 2.86 bits per heavy atom. The maximum Gasteiger partial charge on any atom is 0.271 e. The highest BCUT2D eigenvalue weighted by atomic mass is 19.3. The predicted molar refractivity (Wildman–Crippen MR) is 97.3 cm³/mol. The Kier molecular flexibility index (Phi) is 5.08. The molecule has 2 unspecified atom stereocenters. The number of benzene rings is 1. The molecular weight excluding hydrogens is 390 g/mol. The molecule has 0 saturated carbocycles. The Balaban J connectivity index is 1.67. The lowest BCUT2D eigenvalue weighted by atomic mass is 10.0. The van der Waals surface area contributed by atoms with Crippen molar-refractivity contribution in [2.24, 2.45) is 0 Å². The van der Waals surface area contributed by atoms with Crippen LogP contribution in [0.4, 0.5) is 23.4 Å². The first-order valence-electron chi connectivity index (χ1n) is 8.99. The van der Waals surface area contributed by atoms with E-state index in [0.717, 1.165) is 0 Å². The van der Waals surface area contributed by atoms with E-state index in [1.54, 1.807) is 29.2 Å². The summed E-state index contributed by atoms with van der Waals surface area (Å²) in [5.41, 5.74) is 0.947. The maximum atomic E-state index is 14.2. The van der Waals surface area contributed by atoms with Crippen LogP contribution in [-0.2, 0) is 0 Å². The van der Waals surface area contributed by atoms with Crippen LogP contribution in [0.1, 0.15) is 28.5 Å². The fourth-order valence-corrected chi connectivity index (χ4v) is 3.50. The zero-order valence-corrected chi connectivity index (χ0v) is 15.1. The Bertz CT molecular complexity index is 1040. The summed E-state index contributed by atoms with van der Waals surface area (Å²) in [6.07, 6.45) is -2.40. The van der Waals surface area contributed by atoms with Crippen LogP contribution in [0.2, 0.25) is 0 Å². The lowest BCUT2D eigenvalue weighted by Gasteiger charge is -2.25. The molecule has 4 rings (SSSR count). The van der Waals surface area contributed by atoms with Gasteiger partial charge in [0.15, 0.2) is 11.3 Å². The molecule has 3 heterocycles. The smallest absolute Gasteiger partial charge is 0.271 e. The maximum absolute atomic E-state index is 14.2. The number of fused-ring (bicyclic) bond motifs is 1. The van der Waals surface area contributed by atoms with Crippen LogP contribution in [0.3, 0.4) is 0 Å². The van der Waals surface area contributed by atoms with E-state index < -0.39 is 36.9 Å². The van der Waals surface area contributed by atoms with Gasteiger partial charge >= 0.3 is 0 Å². The van der Waals surface area contributed by atoms with Crippen molar-refractivity contribution in [1.29, 1.82) is 0 Å². The van der Waals surface area contributed by atoms with E-state index >= 15 is 0 Å². The van der Waals surface area contributed by atoms with Gasteiger partial charge in [0.2, 0.25) is 0 Å². The highest BCUT2D eigenvalue weighted by molar-refractivity contribution is 5.93. The van der Waals surface area contributed by atoms with Crippen molar-refractivity contribution in [3.05, 3.63) is 59.7 Å². The minimum atomic E-state index is -2.68. The van der Waals surface area contributed by atoms with Gasteiger partial charge in [0.1, 0.15) is 17.8 Å². The van der Waals surface area contributed by atoms with Gasteiger partial charge < -0.3 is 10.2 Å². The SMILES string of the molecule is O=C(NCC(F)F)c1cnc2ccc(N3CC(F)CC3c3cccc(F)c3)nn12. The molecule has 6 nitrogen and oxygen atoms in total. The normalized spacial score (nSPS) is 19.3. The first kappa shape index (κ1) is 19.2. The van der Waals surface area contributed by atoms with Crippen molar-refractivity contribution >= 4 is 17.4 Å². The number of carbonyl (C=O) groups excluding carboxylic acids is 1. The molecule has 29 heavy (non-hydrogen) atoms. The topological polar surface area (TPSA) is 62.5 Å². The number of aromatic nitrogens is 3. The average Bonchev–Trinajstić information content (AvgIpc) is 3.29. The van der Waals surface area contributed by atoms with E-state index in [1.165, 1.54) is 22.8 Å². The number of halogens is 4. The van der Waals surface area contributed by atoms with Crippen LogP contribution < -0.4 is 10.2 Å².